The lowest BCUT2D eigenvalue weighted by Gasteiger charge is -2.24. The summed E-state index contributed by atoms with van der Waals surface area (Å²) in [5.74, 6) is -2.83. The van der Waals surface area contributed by atoms with Gasteiger partial charge in [0.15, 0.2) is 5.58 Å². The lowest BCUT2D eigenvalue weighted by Crippen LogP contribution is -2.34. The van der Waals surface area contributed by atoms with Gasteiger partial charge in [-0.25, -0.2) is 9.59 Å². The summed E-state index contributed by atoms with van der Waals surface area (Å²) in [4.78, 5) is 35.1. The minimum Gasteiger partial charge on any atom is -0.490 e. The molecule has 0 spiro atoms. The van der Waals surface area contributed by atoms with Crippen molar-refractivity contribution in [1.82, 2.24) is 10.3 Å². The molecule has 4 N–H and O–H groups in total. The average Bonchev–Trinajstić information content (AvgIpc) is 3.13. The topological polar surface area (TPSA) is 134 Å². The summed E-state index contributed by atoms with van der Waals surface area (Å²) in [6, 6.07) is 12.2. The minimum atomic E-state index is -5.08. The van der Waals surface area contributed by atoms with E-state index in [1.54, 1.807) is 18.2 Å². The van der Waals surface area contributed by atoms with Crippen molar-refractivity contribution in [3.05, 3.63) is 58.6 Å². The van der Waals surface area contributed by atoms with Crippen molar-refractivity contribution in [2.75, 3.05) is 18.4 Å². The number of rotatable bonds is 4. The Hall–Kier alpha value is -3.80. The van der Waals surface area contributed by atoms with E-state index >= 15 is 0 Å². The quantitative estimate of drug-likeness (QED) is 0.463. The predicted octanol–water partition coefficient (Wildman–Crippen LogP) is 3.14. The summed E-state index contributed by atoms with van der Waals surface area (Å²) >= 11 is 0. The number of carbonyl (C=O) groups excluding carboxylic acids is 1. The first-order valence-electron chi connectivity index (χ1n) is 9.83. The van der Waals surface area contributed by atoms with E-state index in [2.05, 4.69) is 15.6 Å². The molecule has 176 valence electrons. The Bertz CT molecular complexity index is 1180. The van der Waals surface area contributed by atoms with Crippen LogP contribution in [-0.2, 0) is 4.79 Å². The van der Waals surface area contributed by atoms with Gasteiger partial charge < -0.3 is 24.9 Å². The monoisotopic (exact) mass is 467 g/mol. The van der Waals surface area contributed by atoms with Crippen molar-refractivity contribution in [2.45, 2.75) is 25.1 Å². The Morgan fingerprint density at radius 2 is 1.82 bits per heavy atom. The third kappa shape index (κ3) is 6.84. The minimum absolute atomic E-state index is 0.197. The van der Waals surface area contributed by atoms with Crippen molar-refractivity contribution in [3.8, 4) is 5.75 Å². The van der Waals surface area contributed by atoms with E-state index in [-0.39, 0.29) is 12.0 Å². The van der Waals surface area contributed by atoms with Crippen molar-refractivity contribution < 1.29 is 37.0 Å². The molecule has 0 saturated carbocycles. The molecule has 2 aromatic carbocycles. The number of nitrogens with one attached hydrogen (secondary N) is 3. The van der Waals surface area contributed by atoms with Gasteiger partial charge in [0.2, 0.25) is 0 Å². The second-order valence-corrected chi connectivity index (χ2v) is 7.08. The molecule has 1 fully saturated rings. The number of carbonyl (C=O) groups is 2. The zero-order valence-electron chi connectivity index (χ0n) is 17.1. The van der Waals surface area contributed by atoms with Crippen LogP contribution in [0.2, 0.25) is 0 Å². The van der Waals surface area contributed by atoms with Crippen LogP contribution in [0.3, 0.4) is 0 Å². The molecular formula is C21H20F3N3O6. The van der Waals surface area contributed by atoms with Crippen LogP contribution in [-0.4, -0.2) is 47.3 Å². The number of hydrogen-bond acceptors (Lipinski definition) is 6. The number of fused-ring (bicyclic) bond motifs is 1. The SMILES string of the molecule is O=C(Nc1cccc(OC2CCNCC2)c1)c1ccc2oc(=O)[nH]c2c1.O=C(O)C(F)(F)F. The number of carboxylic acid groups (broad SMARTS) is 1. The summed E-state index contributed by atoms with van der Waals surface area (Å²) in [6.45, 7) is 1.92. The zero-order chi connectivity index (χ0) is 24.0. The van der Waals surface area contributed by atoms with E-state index in [0.29, 0.717) is 22.4 Å². The number of piperidine rings is 1. The first kappa shape index (κ1) is 23.9. The zero-order valence-corrected chi connectivity index (χ0v) is 17.1. The molecule has 1 aromatic heterocycles. The number of hydrogen-bond donors (Lipinski definition) is 4. The molecule has 3 aromatic rings. The lowest BCUT2D eigenvalue weighted by atomic mass is 10.1. The number of halogens is 3. The molecule has 33 heavy (non-hydrogen) atoms. The highest BCUT2D eigenvalue weighted by Gasteiger charge is 2.38. The highest BCUT2D eigenvalue weighted by atomic mass is 19.4. The first-order chi connectivity index (χ1) is 15.6. The molecule has 4 rings (SSSR count). The molecule has 1 saturated heterocycles. The molecule has 0 atom stereocenters. The van der Waals surface area contributed by atoms with E-state index in [1.807, 2.05) is 24.3 Å². The van der Waals surface area contributed by atoms with Crippen LogP contribution in [0.15, 0.2) is 51.7 Å². The molecule has 12 heteroatoms. The van der Waals surface area contributed by atoms with Crippen LogP contribution in [0.1, 0.15) is 23.2 Å². The summed E-state index contributed by atoms with van der Waals surface area (Å²) in [6.07, 6.45) is -2.94. The van der Waals surface area contributed by atoms with Crippen LogP contribution in [0, 0.1) is 0 Å². The van der Waals surface area contributed by atoms with Crippen LogP contribution >= 0.6 is 0 Å². The van der Waals surface area contributed by atoms with Gasteiger partial charge in [0.1, 0.15) is 11.9 Å². The third-order valence-electron chi connectivity index (χ3n) is 4.60. The maximum absolute atomic E-state index is 12.5. The van der Waals surface area contributed by atoms with Crippen molar-refractivity contribution >= 4 is 28.7 Å². The van der Waals surface area contributed by atoms with Crippen LogP contribution in [0.4, 0.5) is 18.9 Å². The van der Waals surface area contributed by atoms with E-state index < -0.39 is 17.9 Å². The fourth-order valence-corrected chi connectivity index (χ4v) is 3.05. The smallest absolute Gasteiger partial charge is 0.490 e. The Balaban J connectivity index is 0.000000383. The van der Waals surface area contributed by atoms with E-state index in [0.717, 1.165) is 31.7 Å². The van der Waals surface area contributed by atoms with Crippen LogP contribution in [0.5, 0.6) is 5.75 Å². The molecule has 1 aliphatic heterocycles. The fourth-order valence-electron chi connectivity index (χ4n) is 3.05. The van der Waals surface area contributed by atoms with Crippen LogP contribution < -0.4 is 21.1 Å². The number of ether oxygens (including phenoxy) is 1. The van der Waals surface area contributed by atoms with Crippen molar-refractivity contribution in [3.63, 3.8) is 0 Å². The lowest BCUT2D eigenvalue weighted by molar-refractivity contribution is -0.192. The number of carboxylic acids is 1. The Morgan fingerprint density at radius 1 is 1.12 bits per heavy atom. The number of aliphatic carboxylic acids is 1. The number of aromatic amines is 1. The Morgan fingerprint density at radius 3 is 2.48 bits per heavy atom. The van der Waals surface area contributed by atoms with Gasteiger partial charge in [-0.05, 0) is 56.3 Å². The van der Waals surface area contributed by atoms with Gasteiger partial charge >= 0.3 is 17.9 Å². The molecule has 0 aliphatic carbocycles. The van der Waals surface area contributed by atoms with Gasteiger partial charge in [0, 0.05) is 17.3 Å². The molecule has 2 heterocycles. The second kappa shape index (κ2) is 10.2. The number of alkyl halides is 3. The number of anilines is 1. The summed E-state index contributed by atoms with van der Waals surface area (Å²) < 4.78 is 42.7. The molecule has 0 unspecified atom stereocenters. The molecule has 0 bridgehead atoms. The molecule has 1 aliphatic rings. The summed E-state index contributed by atoms with van der Waals surface area (Å²) in [5.41, 5.74) is 2.00. The normalized spacial score (nSPS) is 14.3. The van der Waals surface area contributed by atoms with Gasteiger partial charge in [-0.2, -0.15) is 13.2 Å². The molecular weight excluding hydrogens is 447 g/mol. The van der Waals surface area contributed by atoms with Gasteiger partial charge in [-0.1, -0.05) is 6.07 Å². The third-order valence-corrected chi connectivity index (χ3v) is 4.60. The van der Waals surface area contributed by atoms with Gasteiger partial charge in [0.25, 0.3) is 5.91 Å². The van der Waals surface area contributed by atoms with Crippen molar-refractivity contribution in [2.24, 2.45) is 0 Å². The van der Waals surface area contributed by atoms with E-state index in [9.17, 15) is 22.8 Å². The number of benzene rings is 2. The highest BCUT2D eigenvalue weighted by molar-refractivity contribution is 6.05. The number of H-pyrrole nitrogens is 1. The van der Waals surface area contributed by atoms with E-state index in [4.69, 9.17) is 19.1 Å². The molecule has 9 nitrogen and oxygen atoms in total. The summed E-state index contributed by atoms with van der Waals surface area (Å²) in [7, 11) is 0. The first-order valence-corrected chi connectivity index (χ1v) is 9.83. The van der Waals surface area contributed by atoms with Crippen LogP contribution in [0.25, 0.3) is 11.1 Å². The fraction of sp³-hybridized carbons (Fsp3) is 0.286. The largest absolute Gasteiger partial charge is 0.490 e. The maximum Gasteiger partial charge on any atom is 0.490 e. The Labute approximate surface area is 184 Å². The Kier molecular flexibility index (Phi) is 7.38. The molecule has 0 radical (unpaired) electrons. The van der Waals surface area contributed by atoms with Crippen molar-refractivity contribution in [1.29, 1.82) is 0 Å². The maximum atomic E-state index is 12.5. The van der Waals surface area contributed by atoms with Gasteiger partial charge in [-0.15, -0.1) is 0 Å². The van der Waals surface area contributed by atoms with E-state index in [1.165, 1.54) is 0 Å². The predicted molar refractivity (Wildman–Crippen MR) is 111 cm³/mol. The number of aromatic nitrogens is 1. The second-order valence-electron chi connectivity index (χ2n) is 7.08. The number of oxazole rings is 1. The standard InChI is InChI=1S/C19H19N3O4.C2HF3O2/c23-18(12-4-5-17-16(10-12)22-19(24)26-17)21-13-2-1-3-15(11-13)25-14-6-8-20-9-7-14;3-2(4,5)1(6)7/h1-5,10-11,14,20H,6-9H2,(H,21,23)(H,22,24);(H,6,7). The highest BCUT2D eigenvalue weighted by Crippen LogP contribution is 2.22. The number of amides is 1. The van der Waals surface area contributed by atoms with Gasteiger partial charge in [-0.3, -0.25) is 9.78 Å². The summed E-state index contributed by atoms with van der Waals surface area (Å²) in [5, 5.41) is 13.3. The average molecular weight is 467 g/mol. The molecule has 1 amide bonds. The van der Waals surface area contributed by atoms with Gasteiger partial charge in [0.05, 0.1) is 5.52 Å².